The van der Waals surface area contributed by atoms with E-state index in [2.05, 4.69) is 17.2 Å². The molecule has 6 nitrogen and oxygen atoms in total. The molecule has 0 aromatic heterocycles. The van der Waals surface area contributed by atoms with E-state index in [1.165, 1.54) is 13.8 Å². The highest BCUT2D eigenvalue weighted by molar-refractivity contribution is 5.87. The fourth-order valence-electron chi connectivity index (χ4n) is 1.98. The van der Waals surface area contributed by atoms with Gasteiger partial charge in [0.25, 0.3) is 0 Å². The van der Waals surface area contributed by atoms with Gasteiger partial charge in [0.1, 0.15) is 6.61 Å². The first-order valence-electron chi connectivity index (χ1n) is 7.13. The summed E-state index contributed by atoms with van der Waals surface area (Å²) >= 11 is 0. The molecule has 0 aliphatic carbocycles. The van der Waals surface area contributed by atoms with Crippen molar-refractivity contribution in [3.8, 4) is 0 Å². The Labute approximate surface area is 126 Å². The Morgan fingerprint density at radius 3 is 2.00 bits per heavy atom. The average molecular weight is 298 g/mol. The van der Waals surface area contributed by atoms with Crippen LogP contribution in [0.15, 0.2) is 12.2 Å². The van der Waals surface area contributed by atoms with Gasteiger partial charge in [-0.15, -0.1) is 0 Å². The van der Waals surface area contributed by atoms with Crippen LogP contribution in [-0.2, 0) is 19.1 Å². The van der Waals surface area contributed by atoms with E-state index in [0.29, 0.717) is 12.0 Å². The predicted molar refractivity (Wildman–Crippen MR) is 80.5 cm³/mol. The minimum Gasteiger partial charge on any atom is -0.460 e. The quantitative estimate of drug-likeness (QED) is 0.496. The van der Waals surface area contributed by atoms with Crippen molar-refractivity contribution < 1.29 is 19.1 Å². The van der Waals surface area contributed by atoms with Crippen LogP contribution in [0.3, 0.4) is 0 Å². The molecule has 21 heavy (non-hydrogen) atoms. The van der Waals surface area contributed by atoms with Crippen LogP contribution in [0.2, 0.25) is 0 Å². The molecule has 0 aromatic rings. The number of rotatable bonds is 9. The minimum absolute atomic E-state index is 0.0606. The zero-order chi connectivity index (χ0) is 16.4. The lowest BCUT2D eigenvalue weighted by Crippen LogP contribution is -2.44. The fourth-order valence-corrected chi connectivity index (χ4v) is 1.98. The average Bonchev–Trinajstić information content (AvgIpc) is 2.34. The van der Waals surface area contributed by atoms with Crippen LogP contribution >= 0.6 is 0 Å². The molecular formula is C15H26N2O4. The van der Waals surface area contributed by atoms with Crippen LogP contribution in [0.5, 0.6) is 0 Å². The lowest BCUT2D eigenvalue weighted by Gasteiger charge is -2.24. The Kier molecular flexibility index (Phi) is 9.08. The first kappa shape index (κ1) is 19.1. The Balaban J connectivity index is 4.63. The molecule has 120 valence electrons. The Morgan fingerprint density at radius 1 is 1.05 bits per heavy atom. The first-order chi connectivity index (χ1) is 9.76. The van der Waals surface area contributed by atoms with Crippen LogP contribution in [0.4, 0.5) is 0 Å². The van der Waals surface area contributed by atoms with Gasteiger partial charge in [0.2, 0.25) is 11.8 Å². The fraction of sp³-hybridized carbons (Fsp3) is 0.667. The molecule has 0 saturated carbocycles. The zero-order valence-electron chi connectivity index (χ0n) is 13.3. The normalized spacial score (nSPS) is 13.0. The number of carbonyl (C=O) groups is 3. The number of esters is 1. The second-order valence-electron chi connectivity index (χ2n) is 5.20. The minimum atomic E-state index is -0.489. The summed E-state index contributed by atoms with van der Waals surface area (Å²) < 4.78 is 5.08. The van der Waals surface area contributed by atoms with Gasteiger partial charge in [-0.05, 0) is 19.8 Å². The second kappa shape index (κ2) is 9.96. The van der Waals surface area contributed by atoms with E-state index in [1.54, 1.807) is 6.92 Å². The molecule has 0 aliphatic heterocycles. The number of amides is 2. The molecule has 0 radical (unpaired) electrons. The summed E-state index contributed by atoms with van der Waals surface area (Å²) in [5, 5.41) is 5.59. The third-order valence-corrected chi connectivity index (χ3v) is 2.79. The molecule has 0 saturated heterocycles. The standard InChI is InChI=1S/C15H26N2O4/c1-6-7-13(16-11(4)18)8-14(17-12(5)19)9-21-15(20)10(2)3/h13-14H,2,6-9H2,1,3-5H3,(H,16,18)(H,17,19). The summed E-state index contributed by atoms with van der Waals surface area (Å²) in [4.78, 5) is 33.8. The van der Waals surface area contributed by atoms with Gasteiger partial charge in [-0.3, -0.25) is 9.59 Å². The third-order valence-electron chi connectivity index (χ3n) is 2.79. The summed E-state index contributed by atoms with van der Waals surface area (Å²) in [6, 6.07) is -0.401. The summed E-state index contributed by atoms with van der Waals surface area (Å²) in [6.07, 6.45) is 2.21. The molecule has 0 rings (SSSR count). The molecule has 0 aliphatic rings. The highest BCUT2D eigenvalue weighted by Crippen LogP contribution is 2.07. The number of ether oxygens (including phenoxy) is 1. The second-order valence-corrected chi connectivity index (χ2v) is 5.20. The van der Waals surface area contributed by atoms with Crippen molar-refractivity contribution in [2.24, 2.45) is 0 Å². The smallest absolute Gasteiger partial charge is 0.333 e. The molecular weight excluding hydrogens is 272 g/mol. The summed E-state index contributed by atoms with van der Waals surface area (Å²) in [5.41, 5.74) is 0.309. The van der Waals surface area contributed by atoms with Crippen molar-refractivity contribution in [2.75, 3.05) is 6.61 Å². The lowest BCUT2D eigenvalue weighted by molar-refractivity contribution is -0.140. The molecule has 0 spiro atoms. The molecule has 2 unspecified atom stereocenters. The summed E-state index contributed by atoms with van der Waals surface area (Å²) in [7, 11) is 0. The molecule has 2 atom stereocenters. The maximum absolute atomic E-state index is 11.4. The van der Waals surface area contributed by atoms with Crippen molar-refractivity contribution >= 4 is 17.8 Å². The molecule has 2 amide bonds. The van der Waals surface area contributed by atoms with Gasteiger partial charge < -0.3 is 15.4 Å². The van der Waals surface area contributed by atoms with Gasteiger partial charge in [0, 0.05) is 25.5 Å². The van der Waals surface area contributed by atoms with E-state index >= 15 is 0 Å². The maximum Gasteiger partial charge on any atom is 0.333 e. The molecule has 0 aromatic carbocycles. The molecule has 6 heteroatoms. The number of carbonyl (C=O) groups excluding carboxylic acids is 3. The van der Waals surface area contributed by atoms with Crippen LogP contribution < -0.4 is 10.6 Å². The summed E-state index contributed by atoms with van der Waals surface area (Å²) in [5.74, 6) is -0.810. The lowest BCUT2D eigenvalue weighted by atomic mass is 10.0. The van der Waals surface area contributed by atoms with Gasteiger partial charge >= 0.3 is 5.97 Å². The molecule has 0 fully saturated rings. The van der Waals surface area contributed by atoms with E-state index in [4.69, 9.17) is 4.74 Å². The predicted octanol–water partition coefficient (Wildman–Crippen LogP) is 1.31. The summed E-state index contributed by atoms with van der Waals surface area (Å²) in [6.45, 7) is 10.0. The highest BCUT2D eigenvalue weighted by atomic mass is 16.5. The largest absolute Gasteiger partial charge is 0.460 e. The van der Waals surface area contributed by atoms with E-state index < -0.39 is 5.97 Å². The molecule has 2 N–H and O–H groups in total. The monoisotopic (exact) mass is 298 g/mol. The topological polar surface area (TPSA) is 84.5 Å². The van der Waals surface area contributed by atoms with Crippen LogP contribution in [-0.4, -0.2) is 36.5 Å². The van der Waals surface area contributed by atoms with Crippen LogP contribution in [0, 0.1) is 0 Å². The maximum atomic E-state index is 11.4. The van der Waals surface area contributed by atoms with E-state index in [1.807, 2.05) is 6.92 Å². The van der Waals surface area contributed by atoms with Crippen molar-refractivity contribution in [1.29, 1.82) is 0 Å². The molecule has 0 heterocycles. The van der Waals surface area contributed by atoms with Crippen molar-refractivity contribution in [2.45, 2.75) is 59.0 Å². The zero-order valence-corrected chi connectivity index (χ0v) is 13.3. The third kappa shape index (κ3) is 9.65. The highest BCUT2D eigenvalue weighted by Gasteiger charge is 2.19. The first-order valence-corrected chi connectivity index (χ1v) is 7.13. The van der Waals surface area contributed by atoms with Gasteiger partial charge in [-0.1, -0.05) is 19.9 Å². The van der Waals surface area contributed by atoms with Gasteiger partial charge in [0.15, 0.2) is 0 Å². The SMILES string of the molecule is C=C(C)C(=O)OCC(CC(CCC)NC(C)=O)NC(C)=O. The van der Waals surface area contributed by atoms with E-state index in [0.717, 1.165) is 12.8 Å². The van der Waals surface area contributed by atoms with E-state index in [9.17, 15) is 14.4 Å². The Hall–Kier alpha value is -1.85. The van der Waals surface area contributed by atoms with Crippen LogP contribution in [0.25, 0.3) is 0 Å². The van der Waals surface area contributed by atoms with Gasteiger partial charge in [-0.25, -0.2) is 4.79 Å². The number of nitrogens with one attached hydrogen (secondary N) is 2. The number of hydrogen-bond acceptors (Lipinski definition) is 4. The van der Waals surface area contributed by atoms with Crippen molar-refractivity contribution in [3.05, 3.63) is 12.2 Å². The van der Waals surface area contributed by atoms with Gasteiger partial charge in [-0.2, -0.15) is 0 Å². The Morgan fingerprint density at radius 2 is 1.57 bits per heavy atom. The van der Waals surface area contributed by atoms with Crippen molar-refractivity contribution in [3.63, 3.8) is 0 Å². The van der Waals surface area contributed by atoms with Crippen LogP contribution in [0.1, 0.15) is 47.0 Å². The van der Waals surface area contributed by atoms with Crippen molar-refractivity contribution in [1.82, 2.24) is 10.6 Å². The van der Waals surface area contributed by atoms with E-state index in [-0.39, 0.29) is 30.5 Å². The Bertz CT molecular complexity index is 393. The number of hydrogen-bond donors (Lipinski definition) is 2. The molecule has 0 bridgehead atoms. The van der Waals surface area contributed by atoms with Gasteiger partial charge in [0.05, 0.1) is 6.04 Å².